The van der Waals surface area contributed by atoms with Gasteiger partial charge in [0, 0.05) is 0 Å². The van der Waals surface area contributed by atoms with Crippen LogP contribution in [0.5, 0.6) is 11.5 Å². The molecule has 2 heteroatoms. The number of allylic oxidation sites excluding steroid dienone is 2. The summed E-state index contributed by atoms with van der Waals surface area (Å²) in [5, 5.41) is 20.0. The van der Waals surface area contributed by atoms with Crippen LogP contribution >= 0.6 is 0 Å². The lowest BCUT2D eigenvalue weighted by atomic mass is 9.89. The molecule has 3 aromatic rings. The van der Waals surface area contributed by atoms with Crippen LogP contribution in [0.4, 0.5) is 0 Å². The van der Waals surface area contributed by atoms with Gasteiger partial charge in [0.05, 0.1) is 0 Å². The molecule has 0 saturated heterocycles. The minimum absolute atomic E-state index is 0.338. The number of phenols is 2. The van der Waals surface area contributed by atoms with Gasteiger partial charge in [-0.1, -0.05) is 74.5 Å². The molecular formula is C30H34O2. The number of hydrogen-bond donors (Lipinski definition) is 2. The zero-order valence-corrected chi connectivity index (χ0v) is 19.2. The third-order valence-electron chi connectivity index (χ3n) is 6.18. The van der Waals surface area contributed by atoms with Crippen molar-refractivity contribution in [2.45, 2.75) is 51.4 Å². The highest BCUT2D eigenvalue weighted by atomic mass is 16.3. The number of phenolic OH excluding ortho intramolecular Hbond substituents is 2. The van der Waals surface area contributed by atoms with E-state index in [9.17, 15) is 10.2 Å². The van der Waals surface area contributed by atoms with E-state index in [0.717, 1.165) is 24.0 Å². The summed E-state index contributed by atoms with van der Waals surface area (Å²) < 4.78 is 0. The monoisotopic (exact) mass is 426 g/mol. The predicted molar refractivity (Wildman–Crippen MR) is 135 cm³/mol. The van der Waals surface area contributed by atoms with Gasteiger partial charge in [-0.25, -0.2) is 0 Å². The van der Waals surface area contributed by atoms with Crippen molar-refractivity contribution in [3.8, 4) is 11.5 Å². The lowest BCUT2D eigenvalue weighted by Gasteiger charge is -2.16. The molecule has 3 rings (SSSR count). The first-order chi connectivity index (χ1) is 15.4. The number of rotatable bonds is 10. The van der Waals surface area contributed by atoms with Crippen molar-refractivity contribution in [3.05, 3.63) is 119 Å². The molecule has 2 N–H and O–H groups in total. The Morgan fingerprint density at radius 1 is 0.656 bits per heavy atom. The fraction of sp³-hybridized carbons (Fsp3) is 0.267. The zero-order chi connectivity index (χ0) is 23.1. The predicted octanol–water partition coefficient (Wildman–Crippen LogP) is 7.25. The Labute approximate surface area is 192 Å². The lowest BCUT2D eigenvalue weighted by Crippen LogP contribution is -2.02. The van der Waals surface area contributed by atoms with Crippen molar-refractivity contribution < 1.29 is 10.2 Å². The number of aromatic hydroxyl groups is 2. The topological polar surface area (TPSA) is 40.5 Å². The van der Waals surface area contributed by atoms with Gasteiger partial charge in [-0.05, 0) is 83.0 Å². The van der Waals surface area contributed by atoms with Gasteiger partial charge in [0.15, 0.2) is 0 Å². The third kappa shape index (κ3) is 5.91. The molecule has 0 heterocycles. The molecule has 32 heavy (non-hydrogen) atoms. The fourth-order valence-corrected chi connectivity index (χ4v) is 4.22. The molecule has 2 atom stereocenters. The molecule has 0 aliphatic heterocycles. The van der Waals surface area contributed by atoms with Gasteiger partial charge in [-0.15, -0.1) is 13.2 Å². The van der Waals surface area contributed by atoms with Crippen molar-refractivity contribution >= 4 is 0 Å². The van der Waals surface area contributed by atoms with Crippen LogP contribution in [0.1, 0.15) is 59.1 Å². The molecule has 0 amide bonds. The van der Waals surface area contributed by atoms with E-state index in [1.54, 1.807) is 12.1 Å². The van der Waals surface area contributed by atoms with E-state index >= 15 is 0 Å². The summed E-state index contributed by atoms with van der Waals surface area (Å²) in [6.07, 6.45) is 6.90. The van der Waals surface area contributed by atoms with Gasteiger partial charge in [-0.2, -0.15) is 0 Å². The zero-order valence-electron chi connectivity index (χ0n) is 19.2. The molecule has 0 bridgehead atoms. The Hall–Kier alpha value is -3.26. The molecular weight excluding hydrogens is 392 g/mol. The highest BCUT2D eigenvalue weighted by Crippen LogP contribution is 2.28. The van der Waals surface area contributed by atoms with E-state index in [4.69, 9.17) is 0 Å². The minimum atomic E-state index is 0.338. The smallest absolute Gasteiger partial charge is 0.119 e. The van der Waals surface area contributed by atoms with Gasteiger partial charge in [0.2, 0.25) is 0 Å². The van der Waals surface area contributed by atoms with Gasteiger partial charge in [-0.3, -0.25) is 0 Å². The molecule has 0 aliphatic carbocycles. The first-order valence-corrected chi connectivity index (χ1v) is 11.3. The Bertz CT molecular complexity index is 976. The van der Waals surface area contributed by atoms with Crippen LogP contribution in [0.15, 0.2) is 86.0 Å². The summed E-state index contributed by atoms with van der Waals surface area (Å²) in [5.41, 5.74) is 6.95. The molecule has 0 aromatic heterocycles. The molecule has 2 nitrogen and oxygen atoms in total. The summed E-state index contributed by atoms with van der Waals surface area (Å²) in [7, 11) is 0. The van der Waals surface area contributed by atoms with Crippen LogP contribution in [-0.4, -0.2) is 10.2 Å². The Morgan fingerprint density at radius 3 is 1.38 bits per heavy atom. The standard InChI is InChI=1S/C30H34O2/c1-5-7-27-19-25(13-15-29(27)31)21(3)17-23-9-11-24(12-10-23)18-22(4)26-14-16-30(32)28(20-26)8-6-2/h5-6,9-16,19-22,31-32H,1-2,7-8,17-18H2,3-4H3. The summed E-state index contributed by atoms with van der Waals surface area (Å²) in [5.74, 6) is 1.41. The second-order valence-corrected chi connectivity index (χ2v) is 8.79. The average molecular weight is 427 g/mol. The summed E-state index contributed by atoms with van der Waals surface area (Å²) in [4.78, 5) is 0. The molecule has 2 unspecified atom stereocenters. The van der Waals surface area contributed by atoms with Crippen LogP contribution in [0.3, 0.4) is 0 Å². The molecule has 0 fully saturated rings. The van der Waals surface area contributed by atoms with Gasteiger partial charge >= 0.3 is 0 Å². The molecule has 0 spiro atoms. The Kier molecular flexibility index (Phi) is 7.94. The first-order valence-electron chi connectivity index (χ1n) is 11.3. The molecule has 3 aromatic carbocycles. The lowest BCUT2D eigenvalue weighted by molar-refractivity contribution is 0.468. The summed E-state index contributed by atoms with van der Waals surface area (Å²) in [6.45, 7) is 12.0. The van der Waals surface area contributed by atoms with E-state index in [1.165, 1.54) is 22.3 Å². The van der Waals surface area contributed by atoms with Crippen LogP contribution in [0, 0.1) is 0 Å². The van der Waals surface area contributed by atoms with Crippen LogP contribution in [0.2, 0.25) is 0 Å². The SMILES string of the molecule is C=CCc1cc(C(C)Cc2ccc(CC(C)c3ccc(O)c(CC=C)c3)cc2)ccc1O. The number of hydrogen-bond acceptors (Lipinski definition) is 2. The number of benzene rings is 3. The van der Waals surface area contributed by atoms with E-state index in [2.05, 4.69) is 63.4 Å². The quantitative estimate of drug-likeness (QED) is 0.335. The van der Waals surface area contributed by atoms with Crippen molar-refractivity contribution in [1.29, 1.82) is 0 Å². The highest BCUT2D eigenvalue weighted by Gasteiger charge is 2.12. The first kappa shape index (κ1) is 23.4. The Morgan fingerprint density at radius 2 is 1.03 bits per heavy atom. The summed E-state index contributed by atoms with van der Waals surface area (Å²) in [6, 6.07) is 20.7. The van der Waals surface area contributed by atoms with Gasteiger partial charge < -0.3 is 10.2 Å². The molecule has 0 radical (unpaired) electrons. The average Bonchev–Trinajstić information content (AvgIpc) is 2.78. The Balaban J connectivity index is 1.65. The van der Waals surface area contributed by atoms with Crippen molar-refractivity contribution in [1.82, 2.24) is 0 Å². The summed E-state index contributed by atoms with van der Waals surface area (Å²) >= 11 is 0. The van der Waals surface area contributed by atoms with E-state index < -0.39 is 0 Å². The van der Waals surface area contributed by atoms with Crippen molar-refractivity contribution in [2.75, 3.05) is 0 Å². The highest BCUT2D eigenvalue weighted by molar-refractivity contribution is 5.40. The van der Waals surface area contributed by atoms with Crippen molar-refractivity contribution in [3.63, 3.8) is 0 Å². The van der Waals surface area contributed by atoms with E-state index in [1.807, 2.05) is 24.3 Å². The largest absolute Gasteiger partial charge is 0.508 e. The normalized spacial score (nSPS) is 12.8. The van der Waals surface area contributed by atoms with E-state index in [0.29, 0.717) is 36.2 Å². The van der Waals surface area contributed by atoms with Crippen LogP contribution < -0.4 is 0 Å². The van der Waals surface area contributed by atoms with Gasteiger partial charge in [0.25, 0.3) is 0 Å². The van der Waals surface area contributed by atoms with E-state index in [-0.39, 0.29) is 0 Å². The molecule has 166 valence electrons. The second kappa shape index (κ2) is 10.9. The van der Waals surface area contributed by atoms with Crippen molar-refractivity contribution in [2.24, 2.45) is 0 Å². The second-order valence-electron chi connectivity index (χ2n) is 8.79. The minimum Gasteiger partial charge on any atom is -0.508 e. The maximum absolute atomic E-state index is 10.0. The van der Waals surface area contributed by atoms with Gasteiger partial charge in [0.1, 0.15) is 11.5 Å². The third-order valence-corrected chi connectivity index (χ3v) is 6.18. The maximum atomic E-state index is 10.0. The molecule has 0 aliphatic rings. The van der Waals surface area contributed by atoms with Crippen LogP contribution in [-0.2, 0) is 25.7 Å². The van der Waals surface area contributed by atoms with Crippen LogP contribution in [0.25, 0.3) is 0 Å². The fourth-order valence-electron chi connectivity index (χ4n) is 4.22. The maximum Gasteiger partial charge on any atom is 0.119 e. The molecule has 0 saturated carbocycles.